The molecule has 4 aromatic rings. The second-order valence-corrected chi connectivity index (χ2v) is 10.2. The second-order valence-electron chi connectivity index (χ2n) is 6.42. The topological polar surface area (TPSA) is 128 Å². The maximum Gasteiger partial charge on any atom is 0.350 e. The lowest BCUT2D eigenvalue weighted by Gasteiger charge is -2.05. The van der Waals surface area contributed by atoms with Gasteiger partial charge in [0, 0.05) is 29.6 Å². The molecule has 0 aromatic carbocycles. The minimum Gasteiger partial charge on any atom is -0.461 e. The number of hydrogen-bond acceptors (Lipinski definition) is 14. The standard InChI is InChI=1S/C19H18N6O4S4/c1-10-12(32-18(22-10)24-16-20-4-8-30-16)14(26)28-6-3-7-29-15(27)13-11(2)23-19(33-13)25-17-21-5-9-31-17/h4-5,8-9H,3,6-7H2,1-2H3,(H,20,22,24)(H,21,23,25). The summed E-state index contributed by atoms with van der Waals surface area (Å²) >= 11 is 5.30. The number of ether oxygens (including phenoxy) is 2. The molecule has 0 bridgehead atoms. The van der Waals surface area contributed by atoms with E-state index >= 15 is 0 Å². The summed E-state index contributed by atoms with van der Waals surface area (Å²) in [5.74, 6) is -0.917. The van der Waals surface area contributed by atoms with E-state index in [1.165, 1.54) is 45.3 Å². The number of hydrogen-bond donors (Lipinski definition) is 2. The molecule has 0 radical (unpaired) electrons. The van der Waals surface area contributed by atoms with E-state index in [-0.39, 0.29) is 13.2 Å². The van der Waals surface area contributed by atoms with Crippen molar-refractivity contribution in [3.05, 3.63) is 44.3 Å². The fourth-order valence-corrected chi connectivity index (χ4v) is 5.46. The summed E-state index contributed by atoms with van der Waals surface area (Å²) in [6.07, 6.45) is 3.75. The Balaban J connectivity index is 1.20. The molecule has 0 aliphatic rings. The van der Waals surface area contributed by atoms with Gasteiger partial charge in [-0.1, -0.05) is 22.7 Å². The Morgan fingerprint density at radius 3 is 1.64 bits per heavy atom. The van der Waals surface area contributed by atoms with Gasteiger partial charge in [0.05, 0.1) is 24.6 Å². The van der Waals surface area contributed by atoms with Crippen LogP contribution in [-0.2, 0) is 9.47 Å². The van der Waals surface area contributed by atoms with E-state index in [2.05, 4.69) is 30.6 Å². The summed E-state index contributed by atoms with van der Waals surface area (Å²) in [4.78, 5) is 42.5. The first kappa shape index (κ1) is 23.2. The molecule has 10 nitrogen and oxygen atoms in total. The highest BCUT2D eigenvalue weighted by atomic mass is 32.1. The van der Waals surface area contributed by atoms with Crippen LogP contribution in [0.4, 0.5) is 20.5 Å². The molecule has 0 aliphatic heterocycles. The van der Waals surface area contributed by atoms with Crippen molar-refractivity contribution >= 4 is 77.8 Å². The summed E-state index contributed by atoms with van der Waals surface area (Å²) in [6, 6.07) is 0. The fourth-order valence-electron chi connectivity index (χ4n) is 2.55. The lowest BCUT2D eigenvalue weighted by atomic mass is 10.4. The average Bonchev–Trinajstić information content (AvgIpc) is 3.57. The number of aromatic nitrogens is 4. The highest BCUT2D eigenvalue weighted by molar-refractivity contribution is 7.19. The van der Waals surface area contributed by atoms with E-state index in [1.54, 1.807) is 26.2 Å². The zero-order valence-corrected chi connectivity index (χ0v) is 20.8. The first-order valence-electron chi connectivity index (χ1n) is 9.61. The Hall–Kier alpha value is -2.94. The Morgan fingerprint density at radius 1 is 0.788 bits per heavy atom. The van der Waals surface area contributed by atoms with Crippen LogP contribution in [-0.4, -0.2) is 45.1 Å². The van der Waals surface area contributed by atoms with Crippen LogP contribution >= 0.6 is 45.3 Å². The molecule has 4 aromatic heterocycles. The van der Waals surface area contributed by atoms with E-state index in [1.807, 2.05) is 10.8 Å². The van der Waals surface area contributed by atoms with Crippen molar-refractivity contribution in [1.82, 2.24) is 19.9 Å². The molecule has 172 valence electrons. The minimum atomic E-state index is -0.459. The predicted octanol–water partition coefficient (Wildman–Crippen LogP) is 5.02. The SMILES string of the molecule is Cc1nc(Nc2nccs2)sc1C(=O)OCCCOC(=O)c1sc(Nc2nccs2)nc1C. The molecule has 33 heavy (non-hydrogen) atoms. The third-order valence-electron chi connectivity index (χ3n) is 4.01. The monoisotopic (exact) mass is 522 g/mol. The molecular formula is C19H18N6O4S4. The number of esters is 2. The quantitative estimate of drug-likeness (QED) is 0.216. The normalized spacial score (nSPS) is 10.7. The van der Waals surface area contributed by atoms with Crippen molar-refractivity contribution in [2.45, 2.75) is 20.3 Å². The van der Waals surface area contributed by atoms with Gasteiger partial charge in [0.25, 0.3) is 0 Å². The van der Waals surface area contributed by atoms with Gasteiger partial charge in [0.2, 0.25) is 0 Å². The van der Waals surface area contributed by atoms with Crippen molar-refractivity contribution in [3.63, 3.8) is 0 Å². The average molecular weight is 523 g/mol. The van der Waals surface area contributed by atoms with Gasteiger partial charge in [0.15, 0.2) is 20.5 Å². The van der Waals surface area contributed by atoms with Gasteiger partial charge in [-0.25, -0.2) is 29.5 Å². The fraction of sp³-hybridized carbons (Fsp3) is 0.263. The van der Waals surface area contributed by atoms with E-state index in [0.717, 1.165) is 0 Å². The smallest absolute Gasteiger partial charge is 0.350 e. The number of rotatable bonds is 10. The number of carbonyl (C=O) groups excluding carboxylic acids is 2. The number of nitrogens with one attached hydrogen (secondary N) is 2. The van der Waals surface area contributed by atoms with Crippen LogP contribution in [0.15, 0.2) is 23.2 Å². The van der Waals surface area contributed by atoms with Crippen LogP contribution in [0.5, 0.6) is 0 Å². The Labute approximate surface area is 204 Å². The molecule has 2 N–H and O–H groups in total. The van der Waals surface area contributed by atoms with Gasteiger partial charge in [-0.15, -0.1) is 22.7 Å². The number of nitrogens with zero attached hydrogens (tertiary/aromatic N) is 4. The first-order valence-corrected chi connectivity index (χ1v) is 13.0. The number of carbonyl (C=O) groups is 2. The highest BCUT2D eigenvalue weighted by Gasteiger charge is 2.19. The largest absolute Gasteiger partial charge is 0.461 e. The minimum absolute atomic E-state index is 0.122. The maximum atomic E-state index is 12.4. The number of thiazole rings is 4. The van der Waals surface area contributed by atoms with Gasteiger partial charge < -0.3 is 20.1 Å². The zero-order chi connectivity index (χ0) is 23.2. The van der Waals surface area contributed by atoms with Crippen LogP contribution in [0.2, 0.25) is 0 Å². The van der Waals surface area contributed by atoms with E-state index in [0.29, 0.717) is 48.1 Å². The molecule has 0 amide bonds. The molecule has 0 saturated carbocycles. The number of anilines is 4. The predicted molar refractivity (Wildman–Crippen MR) is 130 cm³/mol. The van der Waals surface area contributed by atoms with E-state index in [4.69, 9.17) is 9.47 Å². The van der Waals surface area contributed by atoms with Crippen LogP contribution < -0.4 is 10.6 Å². The summed E-state index contributed by atoms with van der Waals surface area (Å²) < 4.78 is 10.6. The summed E-state index contributed by atoms with van der Waals surface area (Å²) in [6.45, 7) is 3.74. The maximum absolute atomic E-state index is 12.4. The van der Waals surface area contributed by atoms with Crippen LogP contribution in [0.1, 0.15) is 37.2 Å². The van der Waals surface area contributed by atoms with Crippen LogP contribution in [0, 0.1) is 13.8 Å². The first-order chi connectivity index (χ1) is 16.0. The molecule has 4 heterocycles. The molecule has 0 atom stereocenters. The van der Waals surface area contributed by atoms with Crippen molar-refractivity contribution in [2.75, 3.05) is 23.8 Å². The van der Waals surface area contributed by atoms with Gasteiger partial charge in [-0.05, 0) is 13.8 Å². The molecule has 0 unspecified atom stereocenters. The summed E-state index contributed by atoms with van der Waals surface area (Å²) in [7, 11) is 0. The zero-order valence-electron chi connectivity index (χ0n) is 17.5. The van der Waals surface area contributed by atoms with E-state index in [9.17, 15) is 9.59 Å². The number of aryl methyl sites for hydroxylation is 2. The van der Waals surface area contributed by atoms with Gasteiger partial charge in [0.1, 0.15) is 9.75 Å². The van der Waals surface area contributed by atoms with Crippen molar-refractivity contribution in [2.24, 2.45) is 0 Å². The Kier molecular flexibility index (Phi) is 7.59. The molecule has 0 aliphatic carbocycles. The highest BCUT2D eigenvalue weighted by Crippen LogP contribution is 2.28. The van der Waals surface area contributed by atoms with Crippen LogP contribution in [0.25, 0.3) is 0 Å². The Morgan fingerprint density at radius 2 is 1.24 bits per heavy atom. The van der Waals surface area contributed by atoms with Gasteiger partial charge in [-0.2, -0.15) is 0 Å². The molecule has 0 spiro atoms. The third-order valence-corrected chi connectivity index (χ3v) is 7.49. The lowest BCUT2D eigenvalue weighted by Crippen LogP contribution is -2.11. The Bertz CT molecular complexity index is 1120. The van der Waals surface area contributed by atoms with Crippen molar-refractivity contribution < 1.29 is 19.1 Å². The summed E-state index contributed by atoms with van der Waals surface area (Å²) in [5.41, 5.74) is 1.16. The molecule has 14 heteroatoms. The van der Waals surface area contributed by atoms with Crippen LogP contribution in [0.3, 0.4) is 0 Å². The molecule has 0 saturated heterocycles. The molecule has 0 fully saturated rings. The van der Waals surface area contributed by atoms with Gasteiger partial charge in [-0.3, -0.25) is 0 Å². The summed E-state index contributed by atoms with van der Waals surface area (Å²) in [5, 5.41) is 12.4. The van der Waals surface area contributed by atoms with E-state index < -0.39 is 11.9 Å². The molecular weight excluding hydrogens is 505 g/mol. The van der Waals surface area contributed by atoms with Crippen molar-refractivity contribution in [3.8, 4) is 0 Å². The van der Waals surface area contributed by atoms with Gasteiger partial charge >= 0.3 is 11.9 Å². The lowest BCUT2D eigenvalue weighted by molar-refractivity contribution is 0.0401. The molecule has 4 rings (SSSR count). The second kappa shape index (κ2) is 10.8. The van der Waals surface area contributed by atoms with Crippen molar-refractivity contribution in [1.29, 1.82) is 0 Å². The third kappa shape index (κ3) is 6.10.